The molecule has 0 aliphatic rings. The maximum atomic E-state index is 13.6. The Balaban J connectivity index is 1.89. The second-order valence-corrected chi connectivity index (χ2v) is 11.3. The van der Waals surface area contributed by atoms with Gasteiger partial charge in [-0.1, -0.05) is 112 Å². The molecule has 0 radical (unpaired) electrons. The fourth-order valence-electron chi connectivity index (χ4n) is 4.37. The number of aldehydes is 1. The Morgan fingerprint density at radius 1 is 0.857 bits per heavy atom. The molecule has 3 nitrogen and oxygen atoms in total. The van der Waals surface area contributed by atoms with Gasteiger partial charge in [-0.25, -0.2) is 4.79 Å². The van der Waals surface area contributed by atoms with Crippen LogP contribution < -0.4 is 15.9 Å². The van der Waals surface area contributed by atoms with Crippen LogP contribution in [0.2, 0.25) is 0 Å². The Hall–Kier alpha value is -2.77. The Labute approximate surface area is 211 Å². The van der Waals surface area contributed by atoms with Crippen LogP contribution in [0, 0.1) is 5.92 Å². The topological polar surface area (TPSA) is 43.4 Å². The van der Waals surface area contributed by atoms with Gasteiger partial charge in [0.25, 0.3) is 0 Å². The average Bonchev–Trinajstić information content (AvgIpc) is 2.88. The highest BCUT2D eigenvalue weighted by atomic mass is 31.1. The Morgan fingerprint density at radius 3 is 2.06 bits per heavy atom. The number of carbonyl (C=O) groups is 2. The van der Waals surface area contributed by atoms with E-state index in [4.69, 9.17) is 4.74 Å². The second-order valence-electron chi connectivity index (χ2n) is 9.14. The number of benzene rings is 3. The van der Waals surface area contributed by atoms with Crippen molar-refractivity contribution in [3.05, 3.63) is 90.5 Å². The zero-order valence-electron chi connectivity index (χ0n) is 20.9. The highest BCUT2D eigenvalue weighted by Gasteiger charge is 2.25. The van der Waals surface area contributed by atoms with E-state index in [0.29, 0.717) is 18.4 Å². The molecule has 3 aromatic rings. The van der Waals surface area contributed by atoms with Gasteiger partial charge in [-0.05, 0) is 55.1 Å². The summed E-state index contributed by atoms with van der Waals surface area (Å²) >= 11 is 0. The van der Waals surface area contributed by atoms with Gasteiger partial charge in [0.2, 0.25) is 0 Å². The van der Waals surface area contributed by atoms with E-state index in [2.05, 4.69) is 68.4 Å². The lowest BCUT2D eigenvalue weighted by atomic mass is 9.97. The van der Waals surface area contributed by atoms with Crippen LogP contribution in [0.1, 0.15) is 69.2 Å². The standard InChI is InChI=1S/C31H37O3P/c1-3-4-5-8-15-26(24-25(2)22-23-32)34-31(33)29-20-13-14-21-30(29)35(27-16-9-6-10-17-27)28-18-11-7-12-19-28/h6-7,9-14,16-21,23,25-26H,3-5,8,15,22,24H2,1-2H3/t25-,26+/m0/s1. The van der Waals surface area contributed by atoms with Crippen molar-refractivity contribution in [2.45, 2.75) is 64.9 Å². The molecule has 4 heteroatoms. The molecule has 0 aromatic heterocycles. The van der Waals surface area contributed by atoms with Crippen LogP contribution >= 0.6 is 7.92 Å². The second kappa shape index (κ2) is 14.6. The van der Waals surface area contributed by atoms with Crippen molar-refractivity contribution in [2.24, 2.45) is 5.92 Å². The van der Waals surface area contributed by atoms with Gasteiger partial charge in [0.1, 0.15) is 12.4 Å². The smallest absolute Gasteiger partial charge is 0.339 e. The van der Waals surface area contributed by atoms with Gasteiger partial charge < -0.3 is 9.53 Å². The number of hydrogen-bond acceptors (Lipinski definition) is 3. The Kier molecular flexibility index (Phi) is 11.2. The Morgan fingerprint density at radius 2 is 1.46 bits per heavy atom. The van der Waals surface area contributed by atoms with Gasteiger partial charge in [0.15, 0.2) is 0 Å². The van der Waals surface area contributed by atoms with E-state index >= 15 is 0 Å². The quantitative estimate of drug-likeness (QED) is 0.112. The van der Waals surface area contributed by atoms with Crippen LogP contribution in [0.5, 0.6) is 0 Å². The highest BCUT2D eigenvalue weighted by Crippen LogP contribution is 2.34. The summed E-state index contributed by atoms with van der Waals surface area (Å²) in [4.78, 5) is 24.6. The molecule has 0 spiro atoms. The monoisotopic (exact) mass is 488 g/mol. The molecule has 0 unspecified atom stereocenters. The molecule has 0 saturated carbocycles. The fraction of sp³-hybridized carbons (Fsp3) is 0.355. The Bertz CT molecular complexity index is 996. The lowest BCUT2D eigenvalue weighted by Crippen LogP contribution is -2.28. The van der Waals surface area contributed by atoms with E-state index in [1.165, 1.54) is 23.5 Å². The summed E-state index contributed by atoms with van der Waals surface area (Å²) in [5, 5.41) is 3.41. The number of ether oxygens (including phenoxy) is 1. The zero-order valence-corrected chi connectivity index (χ0v) is 21.8. The van der Waals surface area contributed by atoms with E-state index < -0.39 is 7.92 Å². The minimum absolute atomic E-state index is 0.179. The normalized spacial score (nSPS) is 12.8. The average molecular weight is 489 g/mol. The van der Waals surface area contributed by atoms with E-state index in [-0.39, 0.29) is 18.0 Å². The minimum atomic E-state index is -0.910. The van der Waals surface area contributed by atoms with E-state index in [0.717, 1.165) is 30.9 Å². The van der Waals surface area contributed by atoms with Gasteiger partial charge in [0.05, 0.1) is 5.56 Å². The summed E-state index contributed by atoms with van der Waals surface area (Å²) in [6.07, 6.45) is 7.35. The molecule has 0 heterocycles. The summed E-state index contributed by atoms with van der Waals surface area (Å²) < 4.78 is 6.15. The third-order valence-corrected chi connectivity index (χ3v) is 8.71. The van der Waals surface area contributed by atoms with E-state index in [1.807, 2.05) is 30.3 Å². The molecule has 3 rings (SSSR count). The molecule has 0 N–H and O–H groups in total. The lowest BCUT2D eigenvalue weighted by Gasteiger charge is -2.24. The van der Waals surface area contributed by atoms with Crippen LogP contribution in [0.3, 0.4) is 0 Å². The van der Waals surface area contributed by atoms with Gasteiger partial charge in [-0.15, -0.1) is 0 Å². The molecule has 0 aliphatic carbocycles. The van der Waals surface area contributed by atoms with Gasteiger partial charge in [-0.2, -0.15) is 0 Å². The molecular formula is C31H37O3P. The number of unbranched alkanes of at least 4 members (excludes halogenated alkanes) is 3. The first-order valence-electron chi connectivity index (χ1n) is 12.8. The number of carbonyl (C=O) groups excluding carboxylic acids is 2. The summed E-state index contributed by atoms with van der Waals surface area (Å²) in [6.45, 7) is 4.25. The first-order valence-corrected chi connectivity index (χ1v) is 14.1. The SMILES string of the molecule is CCCCCC[C@H](C[C@@H](C)CC=O)OC(=O)c1ccccc1P(c1ccccc1)c1ccccc1. The van der Waals surface area contributed by atoms with Crippen LogP contribution in [0.25, 0.3) is 0 Å². The van der Waals surface area contributed by atoms with Crippen LogP contribution in [-0.4, -0.2) is 18.4 Å². The first kappa shape index (κ1) is 26.8. The van der Waals surface area contributed by atoms with E-state index in [9.17, 15) is 9.59 Å². The lowest BCUT2D eigenvalue weighted by molar-refractivity contribution is -0.108. The van der Waals surface area contributed by atoms with E-state index in [1.54, 1.807) is 0 Å². The predicted molar refractivity (Wildman–Crippen MR) is 148 cm³/mol. The highest BCUT2D eigenvalue weighted by molar-refractivity contribution is 7.80. The molecule has 0 fully saturated rings. The van der Waals surface area contributed by atoms with Crippen molar-refractivity contribution in [3.63, 3.8) is 0 Å². The van der Waals surface area contributed by atoms with Gasteiger partial charge in [0, 0.05) is 6.42 Å². The summed E-state index contributed by atoms with van der Waals surface area (Å²) in [6, 6.07) is 28.7. The molecule has 184 valence electrons. The van der Waals surface area contributed by atoms with Crippen molar-refractivity contribution < 1.29 is 14.3 Å². The fourth-order valence-corrected chi connectivity index (χ4v) is 6.81. The number of hydrogen-bond donors (Lipinski definition) is 0. The van der Waals surface area contributed by atoms with Gasteiger partial charge >= 0.3 is 5.97 Å². The molecule has 0 saturated heterocycles. The van der Waals surface area contributed by atoms with Crippen molar-refractivity contribution >= 4 is 36.1 Å². The largest absolute Gasteiger partial charge is 0.459 e. The molecule has 0 aliphatic heterocycles. The van der Waals surface area contributed by atoms with Crippen LogP contribution in [-0.2, 0) is 9.53 Å². The number of rotatable bonds is 14. The minimum Gasteiger partial charge on any atom is -0.459 e. The first-order chi connectivity index (χ1) is 17.1. The van der Waals surface area contributed by atoms with Crippen molar-refractivity contribution in [2.75, 3.05) is 0 Å². The number of esters is 1. The van der Waals surface area contributed by atoms with Crippen molar-refractivity contribution in [1.29, 1.82) is 0 Å². The van der Waals surface area contributed by atoms with Gasteiger partial charge in [-0.3, -0.25) is 0 Å². The van der Waals surface area contributed by atoms with Crippen molar-refractivity contribution in [1.82, 2.24) is 0 Å². The van der Waals surface area contributed by atoms with Crippen molar-refractivity contribution in [3.8, 4) is 0 Å². The third-order valence-electron chi connectivity index (χ3n) is 6.21. The third kappa shape index (κ3) is 8.15. The molecule has 35 heavy (non-hydrogen) atoms. The predicted octanol–water partition coefficient (Wildman–Crippen LogP) is 6.56. The zero-order chi connectivity index (χ0) is 24.9. The maximum Gasteiger partial charge on any atom is 0.339 e. The molecule has 2 atom stereocenters. The molecular weight excluding hydrogens is 451 g/mol. The summed E-state index contributed by atoms with van der Waals surface area (Å²) in [5.74, 6) is -0.0729. The summed E-state index contributed by atoms with van der Waals surface area (Å²) in [5.41, 5.74) is 0.632. The maximum absolute atomic E-state index is 13.6. The molecule has 3 aromatic carbocycles. The summed E-state index contributed by atoms with van der Waals surface area (Å²) in [7, 11) is -0.910. The molecule has 0 bridgehead atoms. The van der Waals surface area contributed by atoms with Crippen LogP contribution in [0.15, 0.2) is 84.9 Å². The molecule has 0 amide bonds. The van der Waals surface area contributed by atoms with Crippen LogP contribution in [0.4, 0.5) is 0 Å².